The van der Waals surface area contributed by atoms with Crippen molar-refractivity contribution in [1.29, 1.82) is 0 Å². The lowest BCUT2D eigenvalue weighted by atomic mass is 10.0. The minimum absolute atomic E-state index is 0.126. The number of anilines is 1. The van der Waals surface area contributed by atoms with Gasteiger partial charge in [0.2, 0.25) is 0 Å². The first kappa shape index (κ1) is 18.6. The predicted molar refractivity (Wildman–Crippen MR) is 104 cm³/mol. The molecule has 2 aromatic rings. The molecule has 0 saturated heterocycles. The second-order valence-corrected chi connectivity index (χ2v) is 6.21. The second kappa shape index (κ2) is 8.97. The van der Waals surface area contributed by atoms with Crippen molar-refractivity contribution in [3.8, 4) is 11.5 Å². The number of nitrogens with two attached hydrogens (primary N) is 1. The molecule has 25 heavy (non-hydrogen) atoms. The molecule has 0 bridgehead atoms. The Morgan fingerprint density at radius 3 is 2.48 bits per heavy atom. The highest BCUT2D eigenvalue weighted by Crippen LogP contribution is 2.26. The van der Waals surface area contributed by atoms with E-state index in [0.29, 0.717) is 29.9 Å². The standard InChI is InChI=1S/C20H27N3O2/c1-14(2)16-8-7-9-17(12-16)23-20(21)22-13-15(3)25-19-11-6-5-10-18(19)24-4/h5-12,14-15H,13H2,1-4H3,(H3,21,22,23). The van der Waals surface area contributed by atoms with Gasteiger partial charge in [-0.25, -0.2) is 4.99 Å². The minimum atomic E-state index is -0.126. The lowest BCUT2D eigenvalue weighted by Crippen LogP contribution is -2.25. The summed E-state index contributed by atoms with van der Waals surface area (Å²) in [5, 5.41) is 3.13. The van der Waals surface area contributed by atoms with Crippen molar-refractivity contribution < 1.29 is 9.47 Å². The summed E-state index contributed by atoms with van der Waals surface area (Å²) in [6.45, 7) is 6.71. The zero-order valence-electron chi connectivity index (χ0n) is 15.3. The normalized spacial score (nSPS) is 12.8. The van der Waals surface area contributed by atoms with Gasteiger partial charge in [0.15, 0.2) is 17.5 Å². The van der Waals surface area contributed by atoms with Crippen molar-refractivity contribution in [3.05, 3.63) is 54.1 Å². The van der Waals surface area contributed by atoms with Gasteiger partial charge in [-0.05, 0) is 42.7 Å². The summed E-state index contributed by atoms with van der Waals surface area (Å²) in [5.41, 5.74) is 8.18. The number of ether oxygens (including phenoxy) is 2. The van der Waals surface area contributed by atoms with E-state index in [2.05, 4.69) is 36.3 Å². The SMILES string of the molecule is COc1ccccc1OC(C)CN=C(N)Nc1cccc(C(C)C)c1. The molecular formula is C20H27N3O2. The maximum absolute atomic E-state index is 5.99. The number of rotatable bonds is 7. The molecule has 0 saturated carbocycles. The van der Waals surface area contributed by atoms with Crippen LogP contribution in [-0.4, -0.2) is 25.7 Å². The zero-order chi connectivity index (χ0) is 18.2. The molecule has 0 aliphatic heterocycles. The van der Waals surface area contributed by atoms with Gasteiger partial charge in [0.05, 0.1) is 13.7 Å². The van der Waals surface area contributed by atoms with Crippen LogP contribution in [0, 0.1) is 0 Å². The van der Waals surface area contributed by atoms with Crippen LogP contribution in [0.4, 0.5) is 5.69 Å². The molecule has 3 N–H and O–H groups in total. The summed E-state index contributed by atoms with van der Waals surface area (Å²) in [6, 6.07) is 15.7. The average molecular weight is 341 g/mol. The fraction of sp³-hybridized carbons (Fsp3) is 0.350. The fourth-order valence-corrected chi connectivity index (χ4v) is 2.36. The maximum Gasteiger partial charge on any atom is 0.193 e. The van der Waals surface area contributed by atoms with Gasteiger partial charge in [-0.2, -0.15) is 0 Å². The molecule has 0 aliphatic carbocycles. The van der Waals surface area contributed by atoms with Crippen molar-refractivity contribution in [1.82, 2.24) is 0 Å². The van der Waals surface area contributed by atoms with Crippen LogP contribution in [-0.2, 0) is 0 Å². The van der Waals surface area contributed by atoms with Crippen molar-refractivity contribution >= 4 is 11.6 Å². The van der Waals surface area contributed by atoms with Gasteiger partial charge < -0.3 is 20.5 Å². The molecule has 5 heteroatoms. The van der Waals surface area contributed by atoms with E-state index in [1.54, 1.807) is 7.11 Å². The number of hydrogen-bond donors (Lipinski definition) is 2. The molecule has 0 radical (unpaired) electrons. The fourth-order valence-electron chi connectivity index (χ4n) is 2.36. The Morgan fingerprint density at radius 1 is 1.08 bits per heavy atom. The quantitative estimate of drug-likeness (QED) is 0.590. The molecule has 0 fully saturated rings. The van der Waals surface area contributed by atoms with E-state index < -0.39 is 0 Å². The number of aliphatic imine (C=N–C) groups is 1. The van der Waals surface area contributed by atoms with Crippen molar-refractivity contribution in [2.75, 3.05) is 19.0 Å². The highest BCUT2D eigenvalue weighted by molar-refractivity contribution is 5.92. The molecule has 2 aromatic carbocycles. The van der Waals surface area contributed by atoms with Gasteiger partial charge in [-0.15, -0.1) is 0 Å². The van der Waals surface area contributed by atoms with Crippen molar-refractivity contribution in [2.45, 2.75) is 32.8 Å². The van der Waals surface area contributed by atoms with Gasteiger partial charge in [-0.3, -0.25) is 0 Å². The number of hydrogen-bond acceptors (Lipinski definition) is 3. The molecule has 0 amide bonds. The Balaban J connectivity index is 1.93. The Kier molecular flexibility index (Phi) is 6.69. The molecule has 1 unspecified atom stereocenters. The molecule has 0 aromatic heterocycles. The Hall–Kier alpha value is -2.69. The Morgan fingerprint density at radius 2 is 1.80 bits per heavy atom. The summed E-state index contributed by atoms with van der Waals surface area (Å²) >= 11 is 0. The van der Waals surface area contributed by atoms with Crippen LogP contribution in [0.25, 0.3) is 0 Å². The van der Waals surface area contributed by atoms with Gasteiger partial charge in [0, 0.05) is 5.69 Å². The van der Waals surface area contributed by atoms with Crippen LogP contribution in [0.2, 0.25) is 0 Å². The first-order chi connectivity index (χ1) is 12.0. The molecule has 2 rings (SSSR count). The minimum Gasteiger partial charge on any atom is -0.493 e. The summed E-state index contributed by atoms with van der Waals surface area (Å²) in [6.07, 6.45) is -0.126. The molecular weight excluding hydrogens is 314 g/mol. The highest BCUT2D eigenvalue weighted by Gasteiger charge is 2.08. The third kappa shape index (κ3) is 5.71. The summed E-state index contributed by atoms with van der Waals surface area (Å²) in [7, 11) is 1.62. The largest absolute Gasteiger partial charge is 0.493 e. The van der Waals surface area contributed by atoms with E-state index in [4.69, 9.17) is 15.2 Å². The number of nitrogens with zero attached hydrogens (tertiary/aromatic N) is 1. The van der Waals surface area contributed by atoms with Crippen LogP contribution < -0.4 is 20.5 Å². The second-order valence-electron chi connectivity index (χ2n) is 6.21. The van der Waals surface area contributed by atoms with Gasteiger partial charge in [-0.1, -0.05) is 38.1 Å². The number of para-hydroxylation sites is 2. The number of guanidine groups is 1. The van der Waals surface area contributed by atoms with Crippen LogP contribution in [0.15, 0.2) is 53.5 Å². The van der Waals surface area contributed by atoms with Crippen LogP contribution in [0.3, 0.4) is 0 Å². The maximum atomic E-state index is 5.99. The first-order valence-electron chi connectivity index (χ1n) is 8.46. The van der Waals surface area contributed by atoms with E-state index in [-0.39, 0.29) is 6.10 Å². The van der Waals surface area contributed by atoms with Gasteiger partial charge >= 0.3 is 0 Å². The number of benzene rings is 2. The van der Waals surface area contributed by atoms with Crippen LogP contribution >= 0.6 is 0 Å². The van der Waals surface area contributed by atoms with Gasteiger partial charge in [0.25, 0.3) is 0 Å². The molecule has 134 valence electrons. The van der Waals surface area contributed by atoms with Crippen molar-refractivity contribution in [2.24, 2.45) is 10.7 Å². The first-order valence-corrected chi connectivity index (χ1v) is 8.46. The summed E-state index contributed by atoms with van der Waals surface area (Å²) < 4.78 is 11.2. The van der Waals surface area contributed by atoms with Crippen molar-refractivity contribution in [3.63, 3.8) is 0 Å². The average Bonchev–Trinajstić information content (AvgIpc) is 2.60. The Labute approximate surface area is 149 Å². The lowest BCUT2D eigenvalue weighted by molar-refractivity contribution is 0.219. The smallest absolute Gasteiger partial charge is 0.193 e. The molecule has 0 heterocycles. The van der Waals surface area contributed by atoms with Crippen LogP contribution in [0.1, 0.15) is 32.3 Å². The molecule has 1 atom stereocenters. The molecule has 5 nitrogen and oxygen atoms in total. The van der Waals surface area contributed by atoms with E-state index >= 15 is 0 Å². The van der Waals surface area contributed by atoms with Crippen LogP contribution in [0.5, 0.6) is 11.5 Å². The Bertz CT molecular complexity index is 714. The highest BCUT2D eigenvalue weighted by atomic mass is 16.5. The summed E-state index contributed by atoms with van der Waals surface area (Å²) in [5.74, 6) is 2.24. The van der Waals surface area contributed by atoms with E-state index in [9.17, 15) is 0 Å². The zero-order valence-corrected chi connectivity index (χ0v) is 15.3. The third-order valence-corrected chi connectivity index (χ3v) is 3.74. The van der Waals surface area contributed by atoms with E-state index in [1.807, 2.05) is 43.3 Å². The van der Waals surface area contributed by atoms with Gasteiger partial charge in [0.1, 0.15) is 6.10 Å². The molecule has 0 spiro atoms. The lowest BCUT2D eigenvalue weighted by Gasteiger charge is -2.15. The van der Waals surface area contributed by atoms with E-state index in [1.165, 1.54) is 5.56 Å². The van der Waals surface area contributed by atoms with E-state index in [0.717, 1.165) is 5.69 Å². The summed E-state index contributed by atoms with van der Waals surface area (Å²) in [4.78, 5) is 4.36. The molecule has 0 aliphatic rings. The third-order valence-electron chi connectivity index (χ3n) is 3.74. The predicted octanol–water partition coefficient (Wildman–Crippen LogP) is 4.01. The monoisotopic (exact) mass is 341 g/mol. The topological polar surface area (TPSA) is 68.9 Å². The number of nitrogens with one attached hydrogen (secondary N) is 1. The number of methoxy groups -OCH3 is 1.